The Kier molecular flexibility index (Phi) is 4.90. The van der Waals surface area contributed by atoms with Crippen LogP contribution in [-0.2, 0) is 16.6 Å². The van der Waals surface area contributed by atoms with Crippen LogP contribution in [0.15, 0.2) is 29.2 Å². The molecule has 1 aromatic rings. The van der Waals surface area contributed by atoms with E-state index in [1.165, 1.54) is 12.1 Å². The lowest BCUT2D eigenvalue weighted by Crippen LogP contribution is -2.33. The van der Waals surface area contributed by atoms with E-state index in [2.05, 4.69) is 4.72 Å². The van der Waals surface area contributed by atoms with Crippen LogP contribution in [0.2, 0.25) is 0 Å². The summed E-state index contributed by atoms with van der Waals surface area (Å²) in [6.07, 6.45) is 0.902. The van der Waals surface area contributed by atoms with Gasteiger partial charge in [-0.3, -0.25) is 0 Å². The number of rotatable bonds is 6. The highest BCUT2D eigenvalue weighted by Gasteiger charge is 2.20. The number of sulfonamides is 1. The molecule has 102 valence electrons. The molecule has 0 spiro atoms. The third kappa shape index (κ3) is 4.08. The van der Waals surface area contributed by atoms with Crippen LogP contribution in [0.3, 0.4) is 0 Å². The molecule has 2 N–H and O–H groups in total. The van der Waals surface area contributed by atoms with E-state index in [0.29, 0.717) is 12.1 Å². The number of hydrogen-bond donors (Lipinski definition) is 2. The summed E-state index contributed by atoms with van der Waals surface area (Å²) in [5.74, 6) is 0. The standard InChI is InChI=1S/C13H21NO3S/c1-4-13(2,3)10-14-18(16,17)12-7-5-11(9-15)6-8-12/h5-8,14-15H,4,9-10H2,1-3H3. The van der Waals surface area contributed by atoms with Crippen LogP contribution < -0.4 is 4.72 Å². The number of nitrogens with one attached hydrogen (secondary N) is 1. The predicted octanol–water partition coefficient (Wildman–Crippen LogP) is 1.89. The van der Waals surface area contributed by atoms with Gasteiger partial charge >= 0.3 is 0 Å². The molecule has 0 unspecified atom stereocenters. The molecule has 0 radical (unpaired) electrons. The Hall–Kier alpha value is -0.910. The van der Waals surface area contributed by atoms with Crippen molar-refractivity contribution in [1.82, 2.24) is 4.72 Å². The van der Waals surface area contributed by atoms with E-state index in [1.54, 1.807) is 12.1 Å². The van der Waals surface area contributed by atoms with Gasteiger partial charge in [0.05, 0.1) is 11.5 Å². The van der Waals surface area contributed by atoms with Crippen molar-refractivity contribution in [2.24, 2.45) is 5.41 Å². The maximum Gasteiger partial charge on any atom is 0.240 e. The van der Waals surface area contributed by atoms with Crippen LogP contribution in [-0.4, -0.2) is 20.1 Å². The highest BCUT2D eigenvalue weighted by atomic mass is 32.2. The van der Waals surface area contributed by atoms with Gasteiger partial charge in [-0.15, -0.1) is 0 Å². The molecule has 0 aromatic heterocycles. The molecule has 5 heteroatoms. The second-order valence-corrected chi connectivity index (χ2v) is 6.91. The van der Waals surface area contributed by atoms with Gasteiger partial charge in [-0.25, -0.2) is 13.1 Å². The fourth-order valence-electron chi connectivity index (χ4n) is 1.27. The maximum absolute atomic E-state index is 12.0. The molecular weight excluding hydrogens is 250 g/mol. The van der Waals surface area contributed by atoms with Crippen molar-refractivity contribution in [3.8, 4) is 0 Å². The van der Waals surface area contributed by atoms with Gasteiger partial charge in [0.25, 0.3) is 0 Å². The molecule has 0 aliphatic carbocycles. The zero-order valence-corrected chi connectivity index (χ0v) is 11.9. The Balaban J connectivity index is 2.80. The summed E-state index contributed by atoms with van der Waals surface area (Å²) >= 11 is 0. The van der Waals surface area contributed by atoms with E-state index in [9.17, 15) is 8.42 Å². The van der Waals surface area contributed by atoms with Gasteiger partial charge in [-0.2, -0.15) is 0 Å². The Morgan fingerprint density at radius 3 is 2.22 bits per heavy atom. The first-order chi connectivity index (χ1) is 8.30. The number of aliphatic hydroxyl groups is 1. The molecule has 18 heavy (non-hydrogen) atoms. The van der Waals surface area contributed by atoms with E-state index in [4.69, 9.17) is 5.11 Å². The molecule has 0 aliphatic heterocycles. The summed E-state index contributed by atoms with van der Waals surface area (Å²) in [4.78, 5) is 0.228. The van der Waals surface area contributed by atoms with Gasteiger partial charge in [0.2, 0.25) is 10.0 Å². The minimum Gasteiger partial charge on any atom is -0.392 e. The van der Waals surface area contributed by atoms with Crippen molar-refractivity contribution < 1.29 is 13.5 Å². The van der Waals surface area contributed by atoms with Gasteiger partial charge in [0.1, 0.15) is 0 Å². The van der Waals surface area contributed by atoms with Crippen molar-refractivity contribution in [3.63, 3.8) is 0 Å². The lowest BCUT2D eigenvalue weighted by molar-refractivity contribution is 0.282. The molecule has 0 amide bonds. The molecule has 1 aromatic carbocycles. The highest BCUT2D eigenvalue weighted by Crippen LogP contribution is 2.19. The van der Waals surface area contributed by atoms with Gasteiger partial charge < -0.3 is 5.11 Å². The van der Waals surface area contributed by atoms with Crippen LogP contribution in [0.25, 0.3) is 0 Å². The molecule has 0 atom stereocenters. The third-order valence-corrected chi connectivity index (χ3v) is 4.53. The Bertz CT molecular complexity index is 477. The molecule has 0 fully saturated rings. The summed E-state index contributed by atoms with van der Waals surface area (Å²) in [6, 6.07) is 6.23. The first-order valence-electron chi connectivity index (χ1n) is 6.00. The average Bonchev–Trinajstić information content (AvgIpc) is 2.37. The molecule has 4 nitrogen and oxygen atoms in total. The van der Waals surface area contributed by atoms with Crippen LogP contribution in [0.1, 0.15) is 32.8 Å². The van der Waals surface area contributed by atoms with Crippen LogP contribution >= 0.6 is 0 Å². The monoisotopic (exact) mass is 271 g/mol. The first kappa shape index (κ1) is 15.1. The highest BCUT2D eigenvalue weighted by molar-refractivity contribution is 7.89. The molecule has 0 bridgehead atoms. The number of aliphatic hydroxyl groups excluding tert-OH is 1. The second-order valence-electron chi connectivity index (χ2n) is 5.14. The Morgan fingerprint density at radius 2 is 1.78 bits per heavy atom. The van der Waals surface area contributed by atoms with Crippen LogP contribution in [0.4, 0.5) is 0 Å². The number of hydrogen-bond acceptors (Lipinski definition) is 3. The predicted molar refractivity (Wildman–Crippen MR) is 71.6 cm³/mol. The van der Waals surface area contributed by atoms with Crippen molar-refractivity contribution in [1.29, 1.82) is 0 Å². The van der Waals surface area contributed by atoms with Crippen LogP contribution in [0, 0.1) is 5.41 Å². The molecule has 0 heterocycles. The summed E-state index contributed by atoms with van der Waals surface area (Å²) in [5, 5.41) is 8.91. The minimum atomic E-state index is -3.46. The summed E-state index contributed by atoms with van der Waals surface area (Å²) in [7, 11) is -3.46. The molecule has 1 rings (SSSR count). The lowest BCUT2D eigenvalue weighted by atomic mass is 9.91. The molecule has 0 saturated heterocycles. The normalized spacial score (nSPS) is 12.7. The zero-order valence-electron chi connectivity index (χ0n) is 11.1. The van der Waals surface area contributed by atoms with E-state index in [-0.39, 0.29) is 16.9 Å². The van der Waals surface area contributed by atoms with Crippen molar-refractivity contribution in [3.05, 3.63) is 29.8 Å². The largest absolute Gasteiger partial charge is 0.392 e. The summed E-state index contributed by atoms with van der Waals surface area (Å²) < 4.78 is 26.7. The zero-order chi connectivity index (χ0) is 13.8. The smallest absolute Gasteiger partial charge is 0.240 e. The quantitative estimate of drug-likeness (QED) is 0.830. The van der Waals surface area contributed by atoms with Gasteiger partial charge in [-0.05, 0) is 29.5 Å². The second kappa shape index (κ2) is 5.82. The van der Waals surface area contributed by atoms with E-state index >= 15 is 0 Å². The van der Waals surface area contributed by atoms with Gasteiger partial charge in [-0.1, -0.05) is 32.9 Å². The van der Waals surface area contributed by atoms with Gasteiger partial charge in [0, 0.05) is 6.54 Å². The average molecular weight is 271 g/mol. The van der Waals surface area contributed by atoms with E-state index < -0.39 is 10.0 Å². The molecular formula is C13H21NO3S. The van der Waals surface area contributed by atoms with Crippen molar-refractivity contribution in [2.45, 2.75) is 38.7 Å². The third-order valence-electron chi connectivity index (χ3n) is 3.11. The summed E-state index contributed by atoms with van der Waals surface area (Å²) in [6.45, 7) is 6.39. The van der Waals surface area contributed by atoms with E-state index in [0.717, 1.165) is 6.42 Å². The lowest BCUT2D eigenvalue weighted by Gasteiger charge is -2.22. The Morgan fingerprint density at radius 1 is 1.22 bits per heavy atom. The first-order valence-corrected chi connectivity index (χ1v) is 7.48. The Labute approximate surface area is 109 Å². The number of benzene rings is 1. The van der Waals surface area contributed by atoms with Gasteiger partial charge in [0.15, 0.2) is 0 Å². The molecule has 0 saturated carbocycles. The maximum atomic E-state index is 12.0. The van der Waals surface area contributed by atoms with Crippen molar-refractivity contribution in [2.75, 3.05) is 6.54 Å². The minimum absolute atomic E-state index is 0.0574. The van der Waals surface area contributed by atoms with Crippen LogP contribution in [0.5, 0.6) is 0 Å². The fraction of sp³-hybridized carbons (Fsp3) is 0.538. The topological polar surface area (TPSA) is 66.4 Å². The SMILES string of the molecule is CCC(C)(C)CNS(=O)(=O)c1ccc(CO)cc1. The summed E-state index contributed by atoms with van der Waals surface area (Å²) in [5.41, 5.74) is 0.640. The van der Waals surface area contributed by atoms with Crippen molar-refractivity contribution >= 4 is 10.0 Å². The van der Waals surface area contributed by atoms with E-state index in [1.807, 2.05) is 20.8 Å². The fourth-order valence-corrected chi connectivity index (χ4v) is 2.51. The molecule has 0 aliphatic rings.